The minimum Gasteiger partial charge on any atom is -0.339 e. The van der Waals surface area contributed by atoms with Gasteiger partial charge in [-0.15, -0.1) is 0 Å². The predicted octanol–water partition coefficient (Wildman–Crippen LogP) is 4.50. The fraction of sp³-hybridized carbons (Fsp3) is 0. The van der Waals surface area contributed by atoms with Gasteiger partial charge in [-0.05, 0) is 18.2 Å². The lowest BCUT2D eigenvalue weighted by Crippen LogP contribution is -1.96. The SMILES string of the molecule is Fc1cc2nc(-c3cccc(Nc4cnc(-c5ccncn5)cn4)c3)[nH]c2cc1F. The molecule has 0 saturated heterocycles. The van der Waals surface area contributed by atoms with Crippen LogP contribution < -0.4 is 5.32 Å². The highest BCUT2D eigenvalue weighted by Crippen LogP contribution is 2.25. The molecule has 0 bridgehead atoms. The zero-order chi connectivity index (χ0) is 20.5. The van der Waals surface area contributed by atoms with Crippen molar-refractivity contribution >= 4 is 22.5 Å². The Morgan fingerprint density at radius 1 is 0.867 bits per heavy atom. The van der Waals surface area contributed by atoms with Crippen molar-refractivity contribution < 1.29 is 8.78 Å². The minimum atomic E-state index is -0.931. The Morgan fingerprint density at radius 3 is 2.57 bits per heavy atom. The molecule has 0 saturated carbocycles. The highest BCUT2D eigenvalue weighted by Gasteiger charge is 2.10. The lowest BCUT2D eigenvalue weighted by molar-refractivity contribution is 0.510. The molecule has 0 aliphatic rings. The lowest BCUT2D eigenvalue weighted by Gasteiger charge is -2.07. The van der Waals surface area contributed by atoms with Crippen LogP contribution in [0.25, 0.3) is 33.8 Å². The summed E-state index contributed by atoms with van der Waals surface area (Å²) in [5, 5.41) is 3.18. The van der Waals surface area contributed by atoms with Gasteiger partial charge < -0.3 is 10.3 Å². The molecule has 30 heavy (non-hydrogen) atoms. The standard InChI is InChI=1S/C21H13F2N7/c22-14-7-17-18(8-15(14)23)30-21(29-17)12-2-1-3-13(6-12)28-20-10-25-19(9-26-20)16-4-5-24-11-27-16/h1-11H,(H,26,28)(H,29,30). The molecule has 5 aromatic rings. The van der Waals surface area contributed by atoms with Gasteiger partial charge in [-0.25, -0.2) is 33.7 Å². The number of rotatable bonds is 4. The van der Waals surface area contributed by atoms with Crippen LogP contribution in [0.1, 0.15) is 0 Å². The van der Waals surface area contributed by atoms with Crippen LogP contribution in [-0.2, 0) is 0 Å². The third kappa shape index (κ3) is 3.44. The first-order valence-electron chi connectivity index (χ1n) is 8.96. The zero-order valence-electron chi connectivity index (χ0n) is 15.3. The van der Waals surface area contributed by atoms with E-state index in [9.17, 15) is 8.78 Å². The number of anilines is 2. The summed E-state index contributed by atoms with van der Waals surface area (Å²) in [6.07, 6.45) is 6.33. The number of H-pyrrole nitrogens is 1. The number of fused-ring (bicyclic) bond motifs is 1. The van der Waals surface area contributed by atoms with Crippen molar-refractivity contribution in [1.82, 2.24) is 29.9 Å². The summed E-state index contributed by atoms with van der Waals surface area (Å²) < 4.78 is 26.9. The molecule has 3 heterocycles. The fourth-order valence-corrected chi connectivity index (χ4v) is 3.00. The molecule has 9 heteroatoms. The molecule has 0 aliphatic carbocycles. The Balaban J connectivity index is 1.40. The first kappa shape index (κ1) is 17.8. The normalized spacial score (nSPS) is 11.0. The lowest BCUT2D eigenvalue weighted by atomic mass is 10.2. The molecule has 146 valence electrons. The van der Waals surface area contributed by atoms with Crippen LogP contribution in [0.4, 0.5) is 20.3 Å². The second-order valence-corrected chi connectivity index (χ2v) is 6.46. The molecule has 0 unspecified atom stereocenters. The van der Waals surface area contributed by atoms with Gasteiger partial charge >= 0.3 is 0 Å². The number of nitrogens with one attached hydrogen (secondary N) is 2. The van der Waals surface area contributed by atoms with E-state index in [0.29, 0.717) is 34.1 Å². The van der Waals surface area contributed by atoms with Crippen molar-refractivity contribution in [3.63, 3.8) is 0 Å². The van der Waals surface area contributed by atoms with Crippen molar-refractivity contribution in [3.8, 4) is 22.8 Å². The van der Waals surface area contributed by atoms with Crippen LogP contribution in [0.15, 0.2) is 67.4 Å². The molecule has 5 rings (SSSR count). The van der Waals surface area contributed by atoms with E-state index in [0.717, 1.165) is 23.4 Å². The van der Waals surface area contributed by atoms with Crippen molar-refractivity contribution in [2.45, 2.75) is 0 Å². The molecule has 3 aromatic heterocycles. The summed E-state index contributed by atoms with van der Waals surface area (Å²) in [6, 6.07) is 11.3. The summed E-state index contributed by atoms with van der Waals surface area (Å²) in [7, 11) is 0. The van der Waals surface area contributed by atoms with E-state index in [2.05, 4.69) is 35.2 Å². The summed E-state index contributed by atoms with van der Waals surface area (Å²) in [4.78, 5) is 24.1. The molecule has 2 N–H and O–H groups in total. The maximum absolute atomic E-state index is 13.5. The van der Waals surface area contributed by atoms with Gasteiger partial charge in [-0.3, -0.25) is 0 Å². The van der Waals surface area contributed by atoms with Gasteiger partial charge in [0.1, 0.15) is 23.7 Å². The van der Waals surface area contributed by atoms with E-state index in [-0.39, 0.29) is 0 Å². The number of aromatic amines is 1. The maximum Gasteiger partial charge on any atom is 0.161 e. The fourth-order valence-electron chi connectivity index (χ4n) is 3.00. The van der Waals surface area contributed by atoms with E-state index in [1.807, 2.05) is 24.3 Å². The molecule has 0 spiro atoms. The second kappa shape index (κ2) is 7.28. The number of halogens is 2. The van der Waals surface area contributed by atoms with Crippen molar-refractivity contribution in [3.05, 3.63) is 79.0 Å². The summed E-state index contributed by atoms with van der Waals surface area (Å²) in [5.41, 5.74) is 3.61. The van der Waals surface area contributed by atoms with Crippen LogP contribution in [0, 0.1) is 11.6 Å². The smallest absolute Gasteiger partial charge is 0.161 e. The van der Waals surface area contributed by atoms with Crippen LogP contribution in [0.2, 0.25) is 0 Å². The Bertz CT molecular complexity index is 1300. The zero-order valence-corrected chi connectivity index (χ0v) is 15.3. The summed E-state index contributed by atoms with van der Waals surface area (Å²) in [5.74, 6) is -0.792. The second-order valence-electron chi connectivity index (χ2n) is 6.46. The Labute approximate surface area is 168 Å². The van der Waals surface area contributed by atoms with Gasteiger partial charge in [0.05, 0.1) is 29.1 Å². The van der Waals surface area contributed by atoms with Crippen molar-refractivity contribution in [1.29, 1.82) is 0 Å². The largest absolute Gasteiger partial charge is 0.339 e. The Morgan fingerprint density at radius 2 is 1.77 bits per heavy atom. The molecular formula is C21H13F2N7. The van der Waals surface area contributed by atoms with Gasteiger partial charge in [0.25, 0.3) is 0 Å². The van der Waals surface area contributed by atoms with Gasteiger partial charge in [0.15, 0.2) is 11.6 Å². The monoisotopic (exact) mass is 401 g/mol. The first-order valence-corrected chi connectivity index (χ1v) is 8.96. The van der Waals surface area contributed by atoms with E-state index < -0.39 is 11.6 Å². The number of aromatic nitrogens is 6. The molecule has 0 aliphatic heterocycles. The first-order chi connectivity index (χ1) is 14.7. The molecule has 7 nitrogen and oxygen atoms in total. The highest BCUT2D eigenvalue weighted by atomic mass is 19.2. The number of hydrogen-bond donors (Lipinski definition) is 2. The predicted molar refractivity (Wildman–Crippen MR) is 108 cm³/mol. The molecule has 0 fully saturated rings. The number of hydrogen-bond acceptors (Lipinski definition) is 6. The van der Waals surface area contributed by atoms with Gasteiger partial charge in [0.2, 0.25) is 0 Å². The number of benzene rings is 2. The van der Waals surface area contributed by atoms with Gasteiger partial charge in [0, 0.05) is 29.6 Å². The van der Waals surface area contributed by atoms with Crippen LogP contribution in [-0.4, -0.2) is 29.9 Å². The van der Waals surface area contributed by atoms with E-state index in [4.69, 9.17) is 0 Å². The maximum atomic E-state index is 13.5. The van der Waals surface area contributed by atoms with E-state index in [1.54, 1.807) is 24.7 Å². The van der Waals surface area contributed by atoms with E-state index in [1.165, 1.54) is 6.33 Å². The van der Waals surface area contributed by atoms with Gasteiger partial charge in [-0.1, -0.05) is 12.1 Å². The number of imidazole rings is 1. The van der Waals surface area contributed by atoms with Crippen molar-refractivity contribution in [2.75, 3.05) is 5.32 Å². The third-order valence-electron chi connectivity index (χ3n) is 4.43. The minimum absolute atomic E-state index is 0.355. The highest BCUT2D eigenvalue weighted by molar-refractivity contribution is 5.80. The van der Waals surface area contributed by atoms with Crippen LogP contribution in [0.3, 0.4) is 0 Å². The molecule has 0 atom stereocenters. The third-order valence-corrected chi connectivity index (χ3v) is 4.43. The average Bonchev–Trinajstić information content (AvgIpc) is 3.18. The van der Waals surface area contributed by atoms with Crippen LogP contribution in [0.5, 0.6) is 0 Å². The van der Waals surface area contributed by atoms with Crippen molar-refractivity contribution in [2.24, 2.45) is 0 Å². The molecule has 0 amide bonds. The van der Waals surface area contributed by atoms with Gasteiger partial charge in [-0.2, -0.15) is 0 Å². The topological polar surface area (TPSA) is 92.3 Å². The Kier molecular flexibility index (Phi) is 4.32. The summed E-state index contributed by atoms with van der Waals surface area (Å²) >= 11 is 0. The average molecular weight is 401 g/mol. The molecule has 0 radical (unpaired) electrons. The number of nitrogens with zero attached hydrogens (tertiary/aromatic N) is 5. The molecule has 2 aromatic carbocycles. The Hall–Kier alpha value is -4.27. The molecular weight excluding hydrogens is 388 g/mol. The van der Waals surface area contributed by atoms with Crippen LogP contribution >= 0.6 is 0 Å². The quantitative estimate of drug-likeness (QED) is 0.461. The van der Waals surface area contributed by atoms with E-state index >= 15 is 0 Å². The summed E-state index contributed by atoms with van der Waals surface area (Å²) in [6.45, 7) is 0.